The van der Waals surface area contributed by atoms with Gasteiger partial charge in [-0.25, -0.2) is 9.18 Å². The first-order chi connectivity index (χ1) is 8.02. The molecule has 0 heterocycles. The van der Waals surface area contributed by atoms with Gasteiger partial charge in [0, 0.05) is 0 Å². The van der Waals surface area contributed by atoms with Crippen LogP contribution in [0.3, 0.4) is 0 Å². The van der Waals surface area contributed by atoms with E-state index in [1.807, 2.05) is 0 Å². The lowest BCUT2D eigenvalue weighted by molar-refractivity contribution is -0.147. The van der Waals surface area contributed by atoms with Crippen LogP contribution in [0.2, 0.25) is 0 Å². The summed E-state index contributed by atoms with van der Waals surface area (Å²) in [6.07, 6.45) is -1.24. The highest BCUT2D eigenvalue weighted by Crippen LogP contribution is 2.19. The molecule has 0 spiro atoms. The zero-order valence-electron chi connectivity index (χ0n) is 8.90. The third-order valence-electron chi connectivity index (χ3n) is 2.08. The fourth-order valence-corrected chi connectivity index (χ4v) is 1.18. The van der Waals surface area contributed by atoms with Gasteiger partial charge in [-0.2, -0.15) is 4.39 Å². The van der Waals surface area contributed by atoms with Gasteiger partial charge in [0.05, 0.1) is 6.61 Å². The number of benzene rings is 1. The van der Waals surface area contributed by atoms with Gasteiger partial charge in [0.2, 0.25) is 5.82 Å². The minimum atomic E-state index is -1.46. The number of aliphatic carboxylic acids is 1. The number of carboxylic acids is 1. The number of aliphatic hydroxyl groups is 1. The molecule has 0 fully saturated rings. The number of carboxylic acid groups (broad SMARTS) is 1. The van der Waals surface area contributed by atoms with Crippen LogP contribution in [0.15, 0.2) is 18.2 Å². The number of hydrogen-bond acceptors (Lipinski definition) is 3. The average molecular weight is 246 g/mol. The fourth-order valence-electron chi connectivity index (χ4n) is 1.18. The van der Waals surface area contributed by atoms with Crippen LogP contribution in [0.5, 0.6) is 5.75 Å². The lowest BCUT2D eigenvalue weighted by atomic mass is 10.2. The van der Waals surface area contributed by atoms with E-state index in [4.69, 9.17) is 14.9 Å². The smallest absolute Gasteiger partial charge is 0.332 e. The first-order valence-electron chi connectivity index (χ1n) is 5.00. The maximum Gasteiger partial charge on any atom is 0.332 e. The van der Waals surface area contributed by atoms with Crippen molar-refractivity contribution < 1.29 is 28.5 Å². The predicted molar refractivity (Wildman–Crippen MR) is 54.7 cm³/mol. The third-order valence-corrected chi connectivity index (χ3v) is 2.08. The molecule has 94 valence electrons. The zero-order valence-corrected chi connectivity index (χ0v) is 8.90. The van der Waals surface area contributed by atoms with Crippen molar-refractivity contribution in [2.75, 3.05) is 6.61 Å². The van der Waals surface area contributed by atoms with Gasteiger partial charge in [0.1, 0.15) is 0 Å². The summed E-state index contributed by atoms with van der Waals surface area (Å²) >= 11 is 0. The van der Waals surface area contributed by atoms with Crippen molar-refractivity contribution >= 4 is 5.97 Å². The van der Waals surface area contributed by atoms with Crippen LogP contribution < -0.4 is 4.74 Å². The maximum absolute atomic E-state index is 13.1. The topological polar surface area (TPSA) is 66.8 Å². The first-order valence-corrected chi connectivity index (χ1v) is 5.00. The molecule has 17 heavy (non-hydrogen) atoms. The molecule has 2 N–H and O–H groups in total. The standard InChI is InChI=1S/C11H12F2O4/c12-7-3-1-5-9(10(7)13)17-6-2-4-8(14)11(15)16/h1,3,5,8,14H,2,4,6H2,(H,15,16). The molecule has 0 amide bonds. The van der Waals surface area contributed by atoms with Crippen LogP contribution >= 0.6 is 0 Å². The van der Waals surface area contributed by atoms with Crippen LogP contribution in [0.25, 0.3) is 0 Å². The van der Waals surface area contributed by atoms with Crippen LogP contribution in [0, 0.1) is 11.6 Å². The molecule has 4 nitrogen and oxygen atoms in total. The van der Waals surface area contributed by atoms with Gasteiger partial charge in [0.15, 0.2) is 17.7 Å². The van der Waals surface area contributed by atoms with Crippen LogP contribution in [0.1, 0.15) is 12.8 Å². The average Bonchev–Trinajstić information content (AvgIpc) is 2.29. The van der Waals surface area contributed by atoms with E-state index in [1.54, 1.807) is 0 Å². The van der Waals surface area contributed by atoms with E-state index in [1.165, 1.54) is 12.1 Å². The highest BCUT2D eigenvalue weighted by atomic mass is 19.2. The van der Waals surface area contributed by atoms with E-state index < -0.39 is 23.7 Å². The Morgan fingerprint density at radius 2 is 2.12 bits per heavy atom. The molecule has 1 atom stereocenters. The quantitative estimate of drug-likeness (QED) is 0.748. The minimum absolute atomic E-state index is 0.00468. The van der Waals surface area contributed by atoms with Crippen LogP contribution in [-0.2, 0) is 4.79 Å². The summed E-state index contributed by atoms with van der Waals surface area (Å²) in [5.74, 6) is -3.63. The summed E-state index contributed by atoms with van der Waals surface area (Å²) < 4.78 is 30.8. The van der Waals surface area contributed by atoms with Crippen molar-refractivity contribution in [3.05, 3.63) is 29.8 Å². The number of ether oxygens (including phenoxy) is 1. The van der Waals surface area contributed by atoms with Gasteiger partial charge in [-0.15, -0.1) is 0 Å². The maximum atomic E-state index is 13.1. The summed E-state index contributed by atoms with van der Waals surface area (Å²) in [7, 11) is 0. The van der Waals surface area contributed by atoms with E-state index in [0.717, 1.165) is 6.07 Å². The number of halogens is 2. The van der Waals surface area contributed by atoms with Gasteiger partial charge in [-0.05, 0) is 25.0 Å². The molecular formula is C11H12F2O4. The normalized spacial score (nSPS) is 12.2. The molecule has 0 aliphatic rings. The molecule has 0 aliphatic carbocycles. The number of aliphatic hydroxyl groups excluding tert-OH is 1. The highest BCUT2D eigenvalue weighted by Gasteiger charge is 2.13. The van der Waals surface area contributed by atoms with Gasteiger partial charge >= 0.3 is 5.97 Å². The Labute approximate surface area is 96.5 Å². The van der Waals surface area contributed by atoms with Gasteiger partial charge < -0.3 is 14.9 Å². The number of hydrogen-bond donors (Lipinski definition) is 2. The molecule has 6 heteroatoms. The Kier molecular flexibility index (Phi) is 4.84. The highest BCUT2D eigenvalue weighted by molar-refractivity contribution is 5.71. The molecule has 1 unspecified atom stereocenters. The molecule has 0 radical (unpaired) electrons. The van der Waals surface area contributed by atoms with Crippen LogP contribution in [0.4, 0.5) is 8.78 Å². The first kappa shape index (κ1) is 13.4. The molecule has 1 aromatic carbocycles. The Hall–Kier alpha value is -1.69. The summed E-state index contributed by atoms with van der Waals surface area (Å²) in [5.41, 5.74) is 0. The van der Waals surface area contributed by atoms with Crippen LogP contribution in [-0.4, -0.2) is 28.9 Å². The molecule has 1 rings (SSSR count). The molecule has 0 bridgehead atoms. The number of carbonyl (C=O) groups is 1. The fraction of sp³-hybridized carbons (Fsp3) is 0.364. The lowest BCUT2D eigenvalue weighted by Crippen LogP contribution is -2.20. The van der Waals surface area contributed by atoms with Gasteiger partial charge in [-0.3, -0.25) is 0 Å². The zero-order chi connectivity index (χ0) is 12.8. The molecule has 1 aromatic rings. The molecular weight excluding hydrogens is 234 g/mol. The third kappa shape index (κ3) is 3.99. The molecule has 0 aliphatic heterocycles. The molecule has 0 aromatic heterocycles. The summed E-state index contributed by atoms with van der Waals surface area (Å²) in [6, 6.07) is 3.54. The Bertz CT molecular complexity index is 395. The Morgan fingerprint density at radius 3 is 2.76 bits per heavy atom. The SMILES string of the molecule is O=C(O)C(O)CCCOc1cccc(F)c1F. The van der Waals surface area contributed by atoms with Gasteiger partial charge in [-0.1, -0.05) is 6.07 Å². The van der Waals surface area contributed by atoms with E-state index in [9.17, 15) is 13.6 Å². The summed E-state index contributed by atoms with van der Waals surface area (Å²) in [4.78, 5) is 10.3. The lowest BCUT2D eigenvalue weighted by Gasteiger charge is -2.08. The van der Waals surface area contributed by atoms with Crippen molar-refractivity contribution in [2.24, 2.45) is 0 Å². The van der Waals surface area contributed by atoms with E-state index in [-0.39, 0.29) is 25.2 Å². The van der Waals surface area contributed by atoms with Crippen molar-refractivity contribution in [1.29, 1.82) is 0 Å². The Balaban J connectivity index is 2.36. The number of rotatable bonds is 6. The minimum Gasteiger partial charge on any atom is -0.490 e. The second kappa shape index (κ2) is 6.15. The van der Waals surface area contributed by atoms with E-state index >= 15 is 0 Å². The van der Waals surface area contributed by atoms with Crippen molar-refractivity contribution in [1.82, 2.24) is 0 Å². The van der Waals surface area contributed by atoms with E-state index in [2.05, 4.69) is 0 Å². The molecule has 0 saturated heterocycles. The van der Waals surface area contributed by atoms with Crippen molar-refractivity contribution in [2.45, 2.75) is 18.9 Å². The monoisotopic (exact) mass is 246 g/mol. The van der Waals surface area contributed by atoms with E-state index in [0.29, 0.717) is 0 Å². The predicted octanol–water partition coefficient (Wildman–Crippen LogP) is 1.57. The second-order valence-electron chi connectivity index (χ2n) is 3.40. The summed E-state index contributed by atoms with van der Waals surface area (Å²) in [5, 5.41) is 17.3. The van der Waals surface area contributed by atoms with Gasteiger partial charge in [0.25, 0.3) is 0 Å². The summed E-state index contributed by atoms with van der Waals surface area (Å²) in [6.45, 7) is 0.00468. The van der Waals surface area contributed by atoms with Crippen molar-refractivity contribution in [3.8, 4) is 5.75 Å². The molecule has 0 saturated carbocycles. The van der Waals surface area contributed by atoms with Crippen molar-refractivity contribution in [3.63, 3.8) is 0 Å². The Morgan fingerprint density at radius 1 is 1.41 bits per heavy atom. The second-order valence-corrected chi connectivity index (χ2v) is 3.40. The largest absolute Gasteiger partial charge is 0.490 e.